The lowest BCUT2D eigenvalue weighted by molar-refractivity contribution is -0.110. The van der Waals surface area contributed by atoms with Crippen molar-refractivity contribution in [1.29, 1.82) is 0 Å². The lowest BCUT2D eigenvalue weighted by Crippen LogP contribution is -2.36. The number of hydrogen-bond donors (Lipinski definition) is 2. The van der Waals surface area contributed by atoms with E-state index in [0.717, 1.165) is 71.1 Å². The van der Waals surface area contributed by atoms with E-state index in [4.69, 9.17) is 9.47 Å². The second kappa shape index (κ2) is 8.31. The zero-order valence-electron chi connectivity index (χ0n) is 18.7. The number of carbonyl (C=O) groups is 1. The molecule has 1 fully saturated rings. The molecule has 2 aromatic carbocycles. The first-order valence-electron chi connectivity index (χ1n) is 11.2. The molecule has 1 amide bonds. The van der Waals surface area contributed by atoms with Gasteiger partial charge in [-0.3, -0.25) is 9.89 Å². The van der Waals surface area contributed by atoms with Gasteiger partial charge in [0.15, 0.2) is 0 Å². The molecule has 8 nitrogen and oxygen atoms in total. The maximum Gasteiger partial charge on any atom is 0.256 e. The maximum absolute atomic E-state index is 12.6. The van der Waals surface area contributed by atoms with Gasteiger partial charge in [0.25, 0.3) is 5.91 Å². The summed E-state index contributed by atoms with van der Waals surface area (Å²) in [5.74, 6) is 1.54. The smallest absolute Gasteiger partial charge is 0.256 e. The molecule has 0 aliphatic carbocycles. The monoisotopic (exact) mass is 453 g/mol. The number of aromatic nitrogens is 3. The molecular weight excluding hydrogens is 430 g/mol. The highest BCUT2D eigenvalue weighted by atomic mass is 16.5. The van der Waals surface area contributed by atoms with E-state index in [-0.39, 0.29) is 5.91 Å². The fourth-order valence-electron chi connectivity index (χ4n) is 4.46. The molecule has 2 aromatic heterocycles. The molecule has 0 radical (unpaired) electrons. The van der Waals surface area contributed by atoms with Crippen LogP contribution in [-0.2, 0) is 9.53 Å². The van der Waals surface area contributed by atoms with Gasteiger partial charge in [-0.2, -0.15) is 5.10 Å². The molecule has 2 N–H and O–H groups in total. The van der Waals surface area contributed by atoms with Crippen LogP contribution in [0.5, 0.6) is 5.75 Å². The van der Waals surface area contributed by atoms with Crippen molar-refractivity contribution in [3.63, 3.8) is 0 Å². The highest BCUT2D eigenvalue weighted by molar-refractivity contribution is 6.35. The minimum absolute atomic E-state index is 0.125. The summed E-state index contributed by atoms with van der Waals surface area (Å²) in [5.41, 5.74) is 5.83. The van der Waals surface area contributed by atoms with Crippen LogP contribution in [0.15, 0.2) is 54.7 Å². The van der Waals surface area contributed by atoms with Gasteiger partial charge in [-0.25, -0.2) is 4.98 Å². The summed E-state index contributed by atoms with van der Waals surface area (Å²) in [5, 5.41) is 11.6. The number of amides is 1. The summed E-state index contributed by atoms with van der Waals surface area (Å²) < 4.78 is 10.7. The fourth-order valence-corrected chi connectivity index (χ4v) is 4.46. The highest BCUT2D eigenvalue weighted by Crippen LogP contribution is 2.36. The van der Waals surface area contributed by atoms with Crippen molar-refractivity contribution < 1.29 is 14.3 Å². The number of carbonyl (C=O) groups excluding carboxylic acids is 1. The molecule has 0 spiro atoms. The van der Waals surface area contributed by atoms with Crippen LogP contribution >= 0.6 is 0 Å². The fraction of sp³-hybridized carbons (Fsp3) is 0.192. The molecule has 0 unspecified atom stereocenters. The second-order valence-electron chi connectivity index (χ2n) is 8.31. The molecule has 1 saturated heterocycles. The standard InChI is InChI=1S/C26H23N5O3/c1-33-18-4-6-22-20(14-18)21(26(32)28-22)12-16-2-5-19-23(13-16)29-30-25(19)17-3-7-24(27-15-17)31-8-10-34-11-9-31/h2-7,12-15H,8-11H2,1H3,(H,28,32)(H,29,30)/b21-12+. The average Bonchev–Trinajstić information content (AvgIpc) is 3.44. The van der Waals surface area contributed by atoms with Crippen molar-refractivity contribution >= 4 is 40.0 Å². The highest BCUT2D eigenvalue weighted by Gasteiger charge is 2.24. The van der Waals surface area contributed by atoms with Crippen molar-refractivity contribution in [2.45, 2.75) is 0 Å². The zero-order chi connectivity index (χ0) is 23.1. The van der Waals surface area contributed by atoms with Crippen LogP contribution in [0.2, 0.25) is 0 Å². The quantitative estimate of drug-likeness (QED) is 0.455. The van der Waals surface area contributed by atoms with Crippen molar-refractivity contribution in [2.75, 3.05) is 43.6 Å². The minimum Gasteiger partial charge on any atom is -0.497 e. The SMILES string of the molecule is COc1ccc2c(c1)/C(=C\c1ccc3c(-c4ccc(N5CCOCC5)nc4)n[nH]c3c1)C(=O)N2. The van der Waals surface area contributed by atoms with Crippen molar-refractivity contribution in [1.82, 2.24) is 15.2 Å². The summed E-state index contributed by atoms with van der Waals surface area (Å²) in [6, 6.07) is 15.7. The van der Waals surface area contributed by atoms with Crippen LogP contribution in [0.3, 0.4) is 0 Å². The Morgan fingerprint density at radius 2 is 1.97 bits per heavy atom. The minimum atomic E-state index is -0.125. The van der Waals surface area contributed by atoms with Crippen LogP contribution in [-0.4, -0.2) is 54.5 Å². The van der Waals surface area contributed by atoms with Gasteiger partial charge in [-0.1, -0.05) is 6.07 Å². The van der Waals surface area contributed by atoms with Crippen molar-refractivity contribution in [2.24, 2.45) is 0 Å². The first-order chi connectivity index (χ1) is 16.7. The number of nitrogens with one attached hydrogen (secondary N) is 2. The predicted molar refractivity (Wildman–Crippen MR) is 132 cm³/mol. The third-order valence-electron chi connectivity index (χ3n) is 6.26. The Labute approximate surface area is 196 Å². The normalized spacial score (nSPS) is 16.7. The van der Waals surface area contributed by atoms with Crippen LogP contribution in [0.4, 0.5) is 11.5 Å². The number of pyridine rings is 1. The summed E-state index contributed by atoms with van der Waals surface area (Å²) >= 11 is 0. The van der Waals surface area contributed by atoms with Crippen molar-refractivity contribution in [3.8, 4) is 17.0 Å². The van der Waals surface area contributed by atoms with Gasteiger partial charge in [0.05, 0.1) is 25.8 Å². The first-order valence-corrected chi connectivity index (χ1v) is 11.2. The Hall–Kier alpha value is -4.17. The Balaban J connectivity index is 1.30. The van der Waals surface area contributed by atoms with Gasteiger partial charge < -0.3 is 19.7 Å². The lowest BCUT2D eigenvalue weighted by Gasteiger charge is -2.27. The molecule has 4 heterocycles. The van der Waals surface area contributed by atoms with E-state index in [1.165, 1.54) is 0 Å². The molecule has 34 heavy (non-hydrogen) atoms. The zero-order valence-corrected chi connectivity index (χ0v) is 18.7. The van der Waals surface area contributed by atoms with E-state index >= 15 is 0 Å². The number of anilines is 2. The van der Waals surface area contributed by atoms with E-state index in [1.54, 1.807) is 7.11 Å². The van der Waals surface area contributed by atoms with Crippen LogP contribution in [0.25, 0.3) is 33.8 Å². The van der Waals surface area contributed by atoms with E-state index in [1.807, 2.05) is 54.7 Å². The molecule has 2 aliphatic rings. The van der Waals surface area contributed by atoms with Gasteiger partial charge in [0.1, 0.15) is 17.3 Å². The van der Waals surface area contributed by atoms with E-state index in [0.29, 0.717) is 11.3 Å². The molecular formula is C26H23N5O3. The molecule has 6 rings (SSSR count). The maximum atomic E-state index is 12.6. The summed E-state index contributed by atoms with van der Waals surface area (Å²) in [6.07, 6.45) is 3.75. The number of methoxy groups -OCH3 is 1. The number of aromatic amines is 1. The Morgan fingerprint density at radius 1 is 1.09 bits per heavy atom. The lowest BCUT2D eigenvalue weighted by atomic mass is 10.0. The molecule has 0 saturated carbocycles. The number of ether oxygens (including phenoxy) is 2. The van der Waals surface area contributed by atoms with E-state index in [2.05, 4.69) is 31.5 Å². The summed E-state index contributed by atoms with van der Waals surface area (Å²) in [6.45, 7) is 3.16. The third-order valence-corrected chi connectivity index (χ3v) is 6.26. The Kier molecular flexibility index (Phi) is 5.00. The number of rotatable bonds is 4. The third kappa shape index (κ3) is 3.58. The predicted octanol–water partition coefficient (Wildman–Crippen LogP) is 3.96. The summed E-state index contributed by atoms with van der Waals surface area (Å²) in [4.78, 5) is 19.4. The van der Waals surface area contributed by atoms with Crippen LogP contribution in [0, 0.1) is 0 Å². The van der Waals surface area contributed by atoms with Crippen LogP contribution < -0.4 is 15.0 Å². The Bertz CT molecular complexity index is 1420. The largest absolute Gasteiger partial charge is 0.497 e. The molecule has 170 valence electrons. The van der Waals surface area contributed by atoms with E-state index in [9.17, 15) is 4.79 Å². The molecule has 2 aliphatic heterocycles. The number of nitrogens with zero attached hydrogens (tertiary/aromatic N) is 3. The summed E-state index contributed by atoms with van der Waals surface area (Å²) in [7, 11) is 1.62. The van der Waals surface area contributed by atoms with Crippen LogP contribution in [0.1, 0.15) is 11.1 Å². The topological polar surface area (TPSA) is 92.4 Å². The van der Waals surface area contributed by atoms with Gasteiger partial charge in [0, 0.05) is 47.1 Å². The number of H-pyrrole nitrogens is 1. The van der Waals surface area contributed by atoms with E-state index < -0.39 is 0 Å². The van der Waals surface area contributed by atoms with Gasteiger partial charge in [0.2, 0.25) is 0 Å². The first kappa shape index (κ1) is 20.4. The van der Waals surface area contributed by atoms with Gasteiger partial charge in [-0.05, 0) is 54.1 Å². The second-order valence-corrected chi connectivity index (χ2v) is 8.31. The van der Waals surface area contributed by atoms with Gasteiger partial charge in [-0.15, -0.1) is 0 Å². The molecule has 4 aromatic rings. The van der Waals surface area contributed by atoms with Gasteiger partial charge >= 0.3 is 0 Å². The number of fused-ring (bicyclic) bond motifs is 2. The van der Waals surface area contributed by atoms with Crippen molar-refractivity contribution in [3.05, 3.63) is 65.9 Å². The molecule has 8 heteroatoms. The average molecular weight is 454 g/mol. The number of morpholine rings is 1. The molecule has 0 atom stereocenters. The number of benzene rings is 2. The molecule has 0 bridgehead atoms. The Morgan fingerprint density at radius 3 is 2.76 bits per heavy atom. The number of hydrogen-bond acceptors (Lipinski definition) is 6.